The van der Waals surface area contributed by atoms with Crippen LogP contribution in [0.5, 0.6) is 0 Å². The lowest BCUT2D eigenvalue weighted by Gasteiger charge is -2.01. The Balaban J connectivity index is 2.21. The lowest BCUT2D eigenvalue weighted by Crippen LogP contribution is -1.95. The van der Waals surface area contributed by atoms with Gasteiger partial charge in [0.1, 0.15) is 11.5 Å². The molecule has 0 aliphatic heterocycles. The number of fused-ring (bicyclic) bond motifs is 1. The number of H-pyrrole nitrogens is 1. The lowest BCUT2D eigenvalue weighted by atomic mass is 10.2. The third-order valence-corrected chi connectivity index (χ3v) is 2.86. The smallest absolute Gasteiger partial charge is 0.163 e. The molecule has 3 aromatic heterocycles. The first-order chi connectivity index (χ1) is 8.78. The molecular weight excluding hydrogens is 250 g/mol. The van der Waals surface area contributed by atoms with E-state index >= 15 is 0 Å². The summed E-state index contributed by atoms with van der Waals surface area (Å²) in [7, 11) is 1.82. The van der Waals surface area contributed by atoms with Crippen molar-refractivity contribution in [2.24, 2.45) is 0 Å². The summed E-state index contributed by atoms with van der Waals surface area (Å²) in [6.45, 7) is 0. The molecule has 3 aromatic rings. The Bertz CT molecular complexity index is 707. The molecule has 0 radical (unpaired) electrons. The van der Waals surface area contributed by atoms with Gasteiger partial charge in [0.2, 0.25) is 0 Å². The molecule has 0 aromatic carbocycles. The van der Waals surface area contributed by atoms with Crippen molar-refractivity contribution >= 4 is 28.5 Å². The maximum atomic E-state index is 5.96. The minimum Gasteiger partial charge on any atom is -0.373 e. The molecular formula is C12H10ClN5. The van der Waals surface area contributed by atoms with E-state index in [1.54, 1.807) is 12.4 Å². The number of pyridine rings is 1. The molecule has 2 N–H and O–H groups in total. The number of aromatic amines is 1. The zero-order valence-corrected chi connectivity index (χ0v) is 10.4. The summed E-state index contributed by atoms with van der Waals surface area (Å²) in [6.07, 6.45) is 5.16. The second-order valence-corrected chi connectivity index (χ2v) is 4.20. The summed E-state index contributed by atoms with van der Waals surface area (Å²) in [6, 6.07) is 3.66. The highest BCUT2D eigenvalue weighted by atomic mass is 35.5. The Labute approximate surface area is 108 Å². The number of aromatic nitrogens is 4. The molecule has 3 rings (SSSR count). The minimum atomic E-state index is 0.591. The predicted molar refractivity (Wildman–Crippen MR) is 71.7 cm³/mol. The summed E-state index contributed by atoms with van der Waals surface area (Å²) in [5, 5.41) is 4.49. The van der Waals surface area contributed by atoms with Crippen LogP contribution in [0.25, 0.3) is 22.4 Å². The van der Waals surface area contributed by atoms with Gasteiger partial charge in [-0.1, -0.05) is 11.6 Å². The zero-order valence-electron chi connectivity index (χ0n) is 9.61. The van der Waals surface area contributed by atoms with Gasteiger partial charge in [0.25, 0.3) is 0 Å². The number of halogens is 1. The van der Waals surface area contributed by atoms with E-state index in [0.29, 0.717) is 10.8 Å². The summed E-state index contributed by atoms with van der Waals surface area (Å²) >= 11 is 5.96. The first-order valence-corrected chi connectivity index (χ1v) is 5.79. The fourth-order valence-corrected chi connectivity index (χ4v) is 1.95. The Morgan fingerprint density at radius 2 is 2.22 bits per heavy atom. The van der Waals surface area contributed by atoms with Gasteiger partial charge >= 0.3 is 0 Å². The minimum absolute atomic E-state index is 0.591. The fourth-order valence-electron chi connectivity index (χ4n) is 1.79. The molecule has 5 nitrogen and oxygen atoms in total. The predicted octanol–water partition coefficient (Wildman–Crippen LogP) is 2.71. The molecule has 0 bridgehead atoms. The Kier molecular flexibility index (Phi) is 2.60. The molecule has 0 saturated heterocycles. The van der Waals surface area contributed by atoms with E-state index in [4.69, 9.17) is 11.6 Å². The number of rotatable bonds is 2. The van der Waals surface area contributed by atoms with Crippen LogP contribution in [-0.2, 0) is 0 Å². The van der Waals surface area contributed by atoms with E-state index in [2.05, 4.69) is 25.3 Å². The molecule has 0 aliphatic carbocycles. The monoisotopic (exact) mass is 259 g/mol. The fraction of sp³-hybridized carbons (Fsp3) is 0.0833. The van der Waals surface area contributed by atoms with Crippen molar-refractivity contribution in [1.82, 2.24) is 19.9 Å². The second-order valence-electron chi connectivity index (χ2n) is 3.77. The average molecular weight is 260 g/mol. The molecule has 3 heterocycles. The molecule has 6 heteroatoms. The third kappa shape index (κ3) is 1.78. The number of nitrogens with one attached hydrogen (secondary N) is 2. The van der Waals surface area contributed by atoms with Gasteiger partial charge in [-0.3, -0.25) is 0 Å². The van der Waals surface area contributed by atoms with Gasteiger partial charge in [-0.15, -0.1) is 0 Å². The summed E-state index contributed by atoms with van der Waals surface area (Å²) in [5.41, 5.74) is 1.66. The highest BCUT2D eigenvalue weighted by Gasteiger charge is 2.10. The van der Waals surface area contributed by atoms with Gasteiger partial charge in [0.15, 0.2) is 5.82 Å². The number of hydrogen-bond donors (Lipinski definition) is 2. The van der Waals surface area contributed by atoms with Gasteiger partial charge < -0.3 is 10.3 Å². The largest absolute Gasteiger partial charge is 0.373 e. The van der Waals surface area contributed by atoms with Gasteiger partial charge in [-0.2, -0.15) is 0 Å². The maximum absolute atomic E-state index is 5.96. The van der Waals surface area contributed by atoms with E-state index in [1.165, 1.54) is 0 Å². The Morgan fingerprint density at radius 1 is 1.33 bits per heavy atom. The van der Waals surface area contributed by atoms with E-state index < -0.39 is 0 Å². The van der Waals surface area contributed by atoms with Crippen molar-refractivity contribution in [2.75, 3.05) is 12.4 Å². The highest BCUT2D eigenvalue weighted by molar-refractivity contribution is 6.31. The molecule has 0 unspecified atom stereocenters. The molecule has 90 valence electrons. The molecule has 0 fully saturated rings. The van der Waals surface area contributed by atoms with Crippen LogP contribution in [0.3, 0.4) is 0 Å². The average Bonchev–Trinajstić information content (AvgIpc) is 2.81. The van der Waals surface area contributed by atoms with Crippen molar-refractivity contribution in [3.8, 4) is 11.4 Å². The molecule has 0 spiro atoms. The summed E-state index contributed by atoms with van der Waals surface area (Å²) < 4.78 is 0. The first kappa shape index (κ1) is 11.0. The third-order valence-electron chi connectivity index (χ3n) is 2.65. The van der Waals surface area contributed by atoms with Crippen molar-refractivity contribution in [1.29, 1.82) is 0 Å². The van der Waals surface area contributed by atoms with E-state index in [1.807, 2.05) is 25.4 Å². The Hall–Kier alpha value is -2.14. The van der Waals surface area contributed by atoms with Crippen LogP contribution in [0, 0.1) is 0 Å². The van der Waals surface area contributed by atoms with Crippen molar-refractivity contribution in [3.05, 3.63) is 35.7 Å². The molecule has 0 amide bonds. The van der Waals surface area contributed by atoms with Crippen molar-refractivity contribution in [2.45, 2.75) is 0 Å². The van der Waals surface area contributed by atoms with Gasteiger partial charge in [0, 0.05) is 36.6 Å². The van der Waals surface area contributed by atoms with Crippen LogP contribution in [0.1, 0.15) is 0 Å². The van der Waals surface area contributed by atoms with E-state index in [-0.39, 0.29) is 0 Å². The van der Waals surface area contributed by atoms with Crippen LogP contribution >= 0.6 is 11.6 Å². The van der Waals surface area contributed by atoms with Crippen LogP contribution in [0.2, 0.25) is 5.02 Å². The normalized spacial score (nSPS) is 10.8. The lowest BCUT2D eigenvalue weighted by molar-refractivity contribution is 1.17. The van der Waals surface area contributed by atoms with Crippen molar-refractivity contribution in [3.63, 3.8) is 0 Å². The van der Waals surface area contributed by atoms with Gasteiger partial charge in [-0.25, -0.2) is 15.0 Å². The molecule has 0 aliphatic rings. The summed E-state index contributed by atoms with van der Waals surface area (Å²) in [4.78, 5) is 16.0. The topological polar surface area (TPSA) is 66.5 Å². The zero-order chi connectivity index (χ0) is 12.5. The number of anilines is 1. The molecule has 0 atom stereocenters. The van der Waals surface area contributed by atoms with Crippen LogP contribution in [-0.4, -0.2) is 27.0 Å². The maximum Gasteiger partial charge on any atom is 0.163 e. The van der Waals surface area contributed by atoms with Gasteiger partial charge in [0.05, 0.1) is 5.02 Å². The van der Waals surface area contributed by atoms with E-state index in [0.717, 1.165) is 22.4 Å². The van der Waals surface area contributed by atoms with E-state index in [9.17, 15) is 0 Å². The number of hydrogen-bond acceptors (Lipinski definition) is 4. The quantitative estimate of drug-likeness (QED) is 0.743. The number of nitrogens with zero attached hydrogens (tertiary/aromatic N) is 3. The first-order valence-electron chi connectivity index (χ1n) is 5.42. The highest BCUT2D eigenvalue weighted by Crippen LogP contribution is 2.27. The van der Waals surface area contributed by atoms with Gasteiger partial charge in [-0.05, 0) is 12.1 Å². The standard InChI is InChI=1S/C12H10ClN5/c1-14-10-2-3-15-12(18-10)9-6-17-11-8(9)4-7(13)5-16-11/h2-6H,1H3,(H,16,17)(H,14,15,18). The Morgan fingerprint density at radius 3 is 3.06 bits per heavy atom. The molecule has 18 heavy (non-hydrogen) atoms. The molecule has 0 saturated carbocycles. The van der Waals surface area contributed by atoms with Crippen LogP contribution < -0.4 is 5.32 Å². The van der Waals surface area contributed by atoms with Crippen molar-refractivity contribution < 1.29 is 0 Å². The summed E-state index contributed by atoms with van der Waals surface area (Å²) in [5.74, 6) is 1.40. The van der Waals surface area contributed by atoms with Crippen LogP contribution in [0.4, 0.5) is 5.82 Å². The second kappa shape index (κ2) is 4.27. The van der Waals surface area contributed by atoms with Crippen LogP contribution in [0.15, 0.2) is 30.7 Å². The SMILES string of the molecule is CNc1ccnc(-c2c[nH]c3ncc(Cl)cc23)n1.